The molecule has 0 aromatic heterocycles. The van der Waals surface area contributed by atoms with Crippen LogP contribution >= 0.6 is 0 Å². The van der Waals surface area contributed by atoms with E-state index in [2.05, 4.69) is 45.1 Å². The number of rotatable bonds is 9. The first kappa shape index (κ1) is 15.0. The van der Waals surface area contributed by atoms with Gasteiger partial charge in [0.05, 0.1) is 0 Å². The van der Waals surface area contributed by atoms with Crippen LogP contribution in [0.1, 0.15) is 59.3 Å². The molecule has 0 heterocycles. The molecule has 1 aliphatic carbocycles. The number of hydrogen-bond donors (Lipinski definition) is 1. The van der Waals surface area contributed by atoms with E-state index in [1.54, 1.807) is 0 Å². The van der Waals surface area contributed by atoms with Crippen molar-refractivity contribution in [1.82, 2.24) is 10.2 Å². The standard InChI is InChI=1S/C15H32N2/c1-6-11-16-14(12-13-9-10-13)15(7-2,8-3)17(4)5/h13-14,16H,6-12H2,1-5H3. The van der Waals surface area contributed by atoms with E-state index in [0.29, 0.717) is 11.6 Å². The van der Waals surface area contributed by atoms with Gasteiger partial charge in [-0.25, -0.2) is 0 Å². The molecular formula is C15H32N2. The Kier molecular flexibility index (Phi) is 5.94. The quantitative estimate of drug-likeness (QED) is 0.665. The molecule has 1 rings (SSSR count). The minimum atomic E-state index is 0.345. The van der Waals surface area contributed by atoms with Gasteiger partial charge in [-0.15, -0.1) is 0 Å². The summed E-state index contributed by atoms with van der Waals surface area (Å²) in [5.74, 6) is 1.00. The zero-order valence-corrected chi connectivity index (χ0v) is 12.6. The molecule has 102 valence electrons. The van der Waals surface area contributed by atoms with Crippen molar-refractivity contribution in [2.75, 3.05) is 20.6 Å². The van der Waals surface area contributed by atoms with E-state index in [9.17, 15) is 0 Å². The third-order valence-corrected chi connectivity index (χ3v) is 4.67. The van der Waals surface area contributed by atoms with Gasteiger partial charge in [0.1, 0.15) is 0 Å². The lowest BCUT2D eigenvalue weighted by atomic mass is 9.80. The van der Waals surface area contributed by atoms with Crippen LogP contribution in [-0.4, -0.2) is 37.1 Å². The summed E-state index contributed by atoms with van der Waals surface area (Å²) < 4.78 is 0. The summed E-state index contributed by atoms with van der Waals surface area (Å²) in [7, 11) is 4.50. The van der Waals surface area contributed by atoms with Crippen LogP contribution in [0.25, 0.3) is 0 Å². The predicted octanol–water partition coefficient (Wildman–Crippen LogP) is 3.28. The lowest BCUT2D eigenvalue weighted by molar-refractivity contribution is 0.0814. The molecule has 0 spiro atoms. The van der Waals surface area contributed by atoms with E-state index in [1.165, 1.54) is 38.5 Å². The fourth-order valence-corrected chi connectivity index (χ4v) is 3.19. The average molecular weight is 240 g/mol. The first-order valence-electron chi connectivity index (χ1n) is 7.51. The summed E-state index contributed by atoms with van der Waals surface area (Å²) in [5, 5.41) is 3.82. The van der Waals surface area contributed by atoms with E-state index in [1.807, 2.05) is 0 Å². The third kappa shape index (κ3) is 3.69. The van der Waals surface area contributed by atoms with Crippen molar-refractivity contribution in [1.29, 1.82) is 0 Å². The lowest BCUT2D eigenvalue weighted by Crippen LogP contribution is -2.58. The van der Waals surface area contributed by atoms with Crippen LogP contribution in [0.4, 0.5) is 0 Å². The molecule has 2 nitrogen and oxygen atoms in total. The Balaban J connectivity index is 2.73. The molecule has 0 saturated heterocycles. The topological polar surface area (TPSA) is 15.3 Å². The number of hydrogen-bond acceptors (Lipinski definition) is 2. The molecule has 2 heteroatoms. The largest absolute Gasteiger partial charge is 0.312 e. The molecule has 1 unspecified atom stereocenters. The Morgan fingerprint density at radius 3 is 2.12 bits per heavy atom. The van der Waals surface area contributed by atoms with Gasteiger partial charge in [-0.05, 0) is 52.2 Å². The van der Waals surface area contributed by atoms with Gasteiger partial charge in [-0.1, -0.05) is 33.6 Å². The highest BCUT2D eigenvalue weighted by Gasteiger charge is 2.40. The van der Waals surface area contributed by atoms with Crippen molar-refractivity contribution < 1.29 is 0 Å². The van der Waals surface area contributed by atoms with Gasteiger partial charge in [0.15, 0.2) is 0 Å². The average Bonchev–Trinajstić information content (AvgIpc) is 3.11. The molecule has 1 atom stereocenters. The van der Waals surface area contributed by atoms with Crippen LogP contribution in [0.5, 0.6) is 0 Å². The first-order valence-corrected chi connectivity index (χ1v) is 7.51. The van der Waals surface area contributed by atoms with Crippen molar-refractivity contribution in [3.8, 4) is 0 Å². The maximum Gasteiger partial charge on any atom is 0.0351 e. The van der Waals surface area contributed by atoms with Gasteiger partial charge < -0.3 is 10.2 Å². The molecule has 0 aromatic carbocycles. The van der Waals surface area contributed by atoms with Gasteiger partial charge in [0.2, 0.25) is 0 Å². The van der Waals surface area contributed by atoms with Crippen molar-refractivity contribution in [3.63, 3.8) is 0 Å². The fraction of sp³-hybridized carbons (Fsp3) is 1.00. The molecule has 17 heavy (non-hydrogen) atoms. The third-order valence-electron chi connectivity index (χ3n) is 4.67. The van der Waals surface area contributed by atoms with Crippen LogP contribution in [-0.2, 0) is 0 Å². The van der Waals surface area contributed by atoms with Crippen LogP contribution in [0.2, 0.25) is 0 Å². The van der Waals surface area contributed by atoms with E-state index in [0.717, 1.165) is 12.5 Å². The summed E-state index contributed by atoms with van der Waals surface area (Å²) in [5.41, 5.74) is 0.345. The highest BCUT2D eigenvalue weighted by Crippen LogP contribution is 2.38. The van der Waals surface area contributed by atoms with Crippen molar-refractivity contribution >= 4 is 0 Å². The zero-order chi connectivity index (χ0) is 12.9. The highest BCUT2D eigenvalue weighted by atomic mass is 15.2. The monoisotopic (exact) mass is 240 g/mol. The van der Waals surface area contributed by atoms with Gasteiger partial charge in [-0.2, -0.15) is 0 Å². The van der Waals surface area contributed by atoms with Gasteiger partial charge in [0, 0.05) is 11.6 Å². The SMILES string of the molecule is CCCNC(CC1CC1)C(CC)(CC)N(C)C. The molecular weight excluding hydrogens is 208 g/mol. The van der Waals surface area contributed by atoms with Crippen molar-refractivity contribution in [2.24, 2.45) is 5.92 Å². The minimum absolute atomic E-state index is 0.345. The summed E-state index contributed by atoms with van der Waals surface area (Å²) in [6, 6.07) is 0.667. The molecule has 0 amide bonds. The smallest absolute Gasteiger partial charge is 0.0351 e. The Morgan fingerprint density at radius 2 is 1.76 bits per heavy atom. The van der Waals surface area contributed by atoms with Crippen molar-refractivity contribution in [2.45, 2.75) is 70.9 Å². The van der Waals surface area contributed by atoms with Crippen LogP contribution in [0, 0.1) is 5.92 Å². The summed E-state index contributed by atoms with van der Waals surface area (Å²) in [4.78, 5) is 2.46. The fourth-order valence-electron chi connectivity index (χ4n) is 3.19. The van der Waals surface area contributed by atoms with Gasteiger partial charge in [-0.3, -0.25) is 0 Å². The molecule has 0 radical (unpaired) electrons. The number of nitrogens with zero attached hydrogens (tertiary/aromatic N) is 1. The van der Waals surface area contributed by atoms with E-state index < -0.39 is 0 Å². The normalized spacial score (nSPS) is 18.7. The second-order valence-corrected chi connectivity index (χ2v) is 5.89. The Bertz CT molecular complexity index is 205. The van der Waals surface area contributed by atoms with Crippen LogP contribution in [0.15, 0.2) is 0 Å². The molecule has 0 aromatic rings. The van der Waals surface area contributed by atoms with Gasteiger partial charge in [0.25, 0.3) is 0 Å². The lowest BCUT2D eigenvalue weighted by Gasteiger charge is -2.46. The molecule has 1 saturated carbocycles. The van der Waals surface area contributed by atoms with E-state index in [-0.39, 0.29) is 0 Å². The minimum Gasteiger partial charge on any atom is -0.312 e. The van der Waals surface area contributed by atoms with Crippen LogP contribution in [0.3, 0.4) is 0 Å². The summed E-state index contributed by atoms with van der Waals surface area (Å²) in [6.45, 7) is 8.11. The highest BCUT2D eigenvalue weighted by molar-refractivity contribution is 4.99. The zero-order valence-electron chi connectivity index (χ0n) is 12.6. The number of likely N-dealkylation sites (N-methyl/N-ethyl adjacent to an activating group) is 1. The molecule has 0 bridgehead atoms. The van der Waals surface area contributed by atoms with E-state index in [4.69, 9.17) is 0 Å². The molecule has 1 N–H and O–H groups in total. The maximum absolute atomic E-state index is 3.82. The summed E-state index contributed by atoms with van der Waals surface area (Å²) >= 11 is 0. The Morgan fingerprint density at radius 1 is 1.18 bits per heavy atom. The second kappa shape index (κ2) is 6.75. The summed E-state index contributed by atoms with van der Waals surface area (Å²) in [6.07, 6.45) is 8.01. The predicted molar refractivity (Wildman–Crippen MR) is 76.4 cm³/mol. The van der Waals surface area contributed by atoms with Gasteiger partial charge >= 0.3 is 0 Å². The molecule has 0 aliphatic heterocycles. The molecule has 1 aliphatic rings. The second-order valence-electron chi connectivity index (χ2n) is 5.89. The Hall–Kier alpha value is -0.0800. The maximum atomic E-state index is 3.82. The van der Waals surface area contributed by atoms with E-state index >= 15 is 0 Å². The first-order chi connectivity index (χ1) is 8.10. The number of nitrogens with one attached hydrogen (secondary N) is 1. The van der Waals surface area contributed by atoms with Crippen LogP contribution < -0.4 is 5.32 Å². The Labute approximate surface area is 108 Å². The molecule has 1 fully saturated rings. The van der Waals surface area contributed by atoms with Crippen molar-refractivity contribution in [3.05, 3.63) is 0 Å².